The van der Waals surface area contributed by atoms with Crippen LogP contribution in [0.15, 0.2) is 65.1 Å². The lowest BCUT2D eigenvalue weighted by molar-refractivity contribution is -0.118. The third-order valence-corrected chi connectivity index (χ3v) is 4.87. The number of nitrogens with one attached hydrogen (secondary N) is 1. The highest BCUT2D eigenvalue weighted by molar-refractivity contribution is 6.34. The zero-order valence-corrected chi connectivity index (χ0v) is 16.9. The first kappa shape index (κ1) is 19.3. The van der Waals surface area contributed by atoms with Crippen LogP contribution >= 0.6 is 23.2 Å². The average Bonchev–Trinajstić information content (AvgIpc) is 3.12. The minimum Gasteiger partial charge on any atom is -0.482 e. The van der Waals surface area contributed by atoms with E-state index in [9.17, 15) is 4.79 Å². The van der Waals surface area contributed by atoms with Crippen molar-refractivity contribution >= 4 is 45.9 Å². The molecule has 0 atom stereocenters. The highest BCUT2D eigenvalue weighted by Gasteiger charge is 2.13. The number of carbonyl (C=O) groups excluding carboxylic acids is 1. The fraction of sp³-hybridized carbons (Fsp3) is 0.0909. The summed E-state index contributed by atoms with van der Waals surface area (Å²) in [7, 11) is 0. The maximum absolute atomic E-state index is 12.3. The van der Waals surface area contributed by atoms with E-state index in [1.165, 1.54) is 0 Å². The molecular weight excluding hydrogens is 411 g/mol. The fourth-order valence-corrected chi connectivity index (χ4v) is 3.16. The number of ether oxygens (including phenoxy) is 1. The Kier molecular flexibility index (Phi) is 5.43. The Morgan fingerprint density at radius 2 is 1.90 bits per heavy atom. The zero-order chi connectivity index (χ0) is 20.4. The normalized spacial score (nSPS) is 10.9. The number of anilines is 1. The van der Waals surface area contributed by atoms with Crippen molar-refractivity contribution < 1.29 is 13.9 Å². The van der Waals surface area contributed by atoms with Gasteiger partial charge in [-0.15, -0.1) is 0 Å². The van der Waals surface area contributed by atoms with Crippen LogP contribution in [0.3, 0.4) is 0 Å². The van der Waals surface area contributed by atoms with Gasteiger partial charge in [0.2, 0.25) is 5.89 Å². The number of benzene rings is 3. The van der Waals surface area contributed by atoms with E-state index in [0.29, 0.717) is 38.5 Å². The van der Waals surface area contributed by atoms with Crippen LogP contribution in [0.1, 0.15) is 5.56 Å². The quantitative estimate of drug-likeness (QED) is 0.416. The molecule has 146 valence electrons. The Labute approximate surface area is 177 Å². The van der Waals surface area contributed by atoms with Gasteiger partial charge in [-0.3, -0.25) is 4.79 Å². The molecule has 0 saturated heterocycles. The third-order valence-electron chi connectivity index (χ3n) is 4.23. The molecule has 1 N–H and O–H groups in total. The summed E-state index contributed by atoms with van der Waals surface area (Å²) >= 11 is 12.3. The summed E-state index contributed by atoms with van der Waals surface area (Å²) in [6.07, 6.45) is 0. The van der Waals surface area contributed by atoms with Crippen molar-refractivity contribution in [2.75, 3.05) is 11.9 Å². The summed E-state index contributed by atoms with van der Waals surface area (Å²) in [6.45, 7) is 1.79. The largest absolute Gasteiger partial charge is 0.482 e. The van der Waals surface area contributed by atoms with Crippen LogP contribution in [0.5, 0.6) is 5.75 Å². The van der Waals surface area contributed by atoms with E-state index < -0.39 is 0 Å². The number of aromatic nitrogens is 1. The number of hydrogen-bond donors (Lipinski definition) is 1. The molecule has 4 aromatic rings. The summed E-state index contributed by atoms with van der Waals surface area (Å²) in [5.41, 5.74) is 3.70. The third kappa shape index (κ3) is 4.36. The Balaban J connectivity index is 1.51. The molecule has 0 fully saturated rings. The van der Waals surface area contributed by atoms with E-state index >= 15 is 0 Å². The number of fused-ring (bicyclic) bond motifs is 1. The maximum Gasteiger partial charge on any atom is 0.262 e. The molecular formula is C22H16Cl2N2O3. The molecule has 0 bridgehead atoms. The van der Waals surface area contributed by atoms with Gasteiger partial charge in [-0.25, -0.2) is 4.98 Å². The number of para-hydroxylation sites is 1. The number of halogens is 2. The molecule has 0 radical (unpaired) electrons. The second-order valence-electron chi connectivity index (χ2n) is 6.45. The van der Waals surface area contributed by atoms with Gasteiger partial charge < -0.3 is 14.5 Å². The Bertz CT molecular complexity index is 1200. The molecule has 0 aliphatic carbocycles. The van der Waals surface area contributed by atoms with Crippen molar-refractivity contribution in [2.24, 2.45) is 0 Å². The number of oxazole rings is 1. The second kappa shape index (κ2) is 8.15. The predicted octanol–water partition coefficient (Wildman–Crippen LogP) is 6.13. The van der Waals surface area contributed by atoms with Crippen LogP contribution in [0.4, 0.5) is 5.69 Å². The van der Waals surface area contributed by atoms with Crippen LogP contribution in [0, 0.1) is 6.92 Å². The summed E-state index contributed by atoms with van der Waals surface area (Å²) in [6, 6.07) is 17.9. The molecule has 29 heavy (non-hydrogen) atoms. The van der Waals surface area contributed by atoms with Crippen molar-refractivity contribution in [1.29, 1.82) is 0 Å². The van der Waals surface area contributed by atoms with Crippen molar-refractivity contribution in [3.05, 3.63) is 76.3 Å². The average molecular weight is 427 g/mol. The monoisotopic (exact) mass is 426 g/mol. The molecule has 1 amide bonds. The fourth-order valence-electron chi connectivity index (χ4n) is 2.81. The minimum atomic E-state index is -0.364. The molecule has 1 aromatic heterocycles. The van der Waals surface area contributed by atoms with Crippen LogP contribution in [0.25, 0.3) is 22.6 Å². The summed E-state index contributed by atoms with van der Waals surface area (Å²) in [5.74, 6) is 0.521. The predicted molar refractivity (Wildman–Crippen MR) is 115 cm³/mol. The first-order valence-electron chi connectivity index (χ1n) is 8.84. The standard InChI is InChI=1S/C22H16Cl2N2O3/c1-13-6-9-20-18(10-13)26-22(29-20)14-7-8-15(23)17(11-14)25-21(27)12-28-19-5-3-2-4-16(19)24/h2-11H,12H2,1H3,(H,25,27). The van der Waals surface area contributed by atoms with Gasteiger partial charge in [0, 0.05) is 5.56 Å². The van der Waals surface area contributed by atoms with Gasteiger partial charge in [0.15, 0.2) is 12.2 Å². The number of rotatable bonds is 5. The van der Waals surface area contributed by atoms with Crippen LogP contribution < -0.4 is 10.1 Å². The Morgan fingerprint density at radius 1 is 1.07 bits per heavy atom. The van der Waals surface area contributed by atoms with Gasteiger partial charge in [-0.1, -0.05) is 41.4 Å². The van der Waals surface area contributed by atoms with Gasteiger partial charge in [-0.05, 0) is 55.0 Å². The molecule has 4 rings (SSSR count). The molecule has 7 heteroatoms. The maximum atomic E-state index is 12.3. The topological polar surface area (TPSA) is 64.4 Å². The Morgan fingerprint density at radius 3 is 2.72 bits per heavy atom. The van der Waals surface area contributed by atoms with Gasteiger partial charge >= 0.3 is 0 Å². The molecule has 0 aliphatic heterocycles. The highest BCUT2D eigenvalue weighted by atomic mass is 35.5. The molecule has 0 saturated carbocycles. The summed E-state index contributed by atoms with van der Waals surface area (Å²) < 4.78 is 11.3. The van der Waals surface area contributed by atoms with E-state index in [0.717, 1.165) is 11.1 Å². The zero-order valence-electron chi connectivity index (χ0n) is 15.4. The molecule has 0 aliphatic rings. The smallest absolute Gasteiger partial charge is 0.262 e. The molecule has 5 nitrogen and oxygen atoms in total. The summed E-state index contributed by atoms with van der Waals surface area (Å²) in [5, 5.41) is 3.58. The number of carbonyl (C=O) groups is 1. The van der Waals surface area contributed by atoms with Crippen molar-refractivity contribution in [2.45, 2.75) is 6.92 Å². The van der Waals surface area contributed by atoms with E-state index in [2.05, 4.69) is 10.3 Å². The first-order chi connectivity index (χ1) is 14.0. The van der Waals surface area contributed by atoms with Gasteiger partial charge in [0.05, 0.1) is 15.7 Å². The van der Waals surface area contributed by atoms with Crippen LogP contribution in [-0.4, -0.2) is 17.5 Å². The number of nitrogens with zero attached hydrogens (tertiary/aromatic N) is 1. The van der Waals surface area contributed by atoms with Crippen molar-refractivity contribution in [3.63, 3.8) is 0 Å². The van der Waals surface area contributed by atoms with E-state index in [1.54, 1.807) is 42.5 Å². The molecule has 3 aromatic carbocycles. The first-order valence-corrected chi connectivity index (χ1v) is 9.59. The lowest BCUT2D eigenvalue weighted by Crippen LogP contribution is -2.20. The van der Waals surface area contributed by atoms with Gasteiger partial charge in [-0.2, -0.15) is 0 Å². The SMILES string of the molecule is Cc1ccc2oc(-c3ccc(Cl)c(NC(=O)COc4ccccc4Cl)c3)nc2c1. The lowest BCUT2D eigenvalue weighted by atomic mass is 10.2. The van der Waals surface area contributed by atoms with Crippen molar-refractivity contribution in [3.8, 4) is 17.2 Å². The molecule has 1 heterocycles. The molecule has 0 unspecified atom stereocenters. The van der Waals surface area contributed by atoms with Crippen molar-refractivity contribution in [1.82, 2.24) is 4.98 Å². The van der Waals surface area contributed by atoms with Gasteiger partial charge in [0.1, 0.15) is 11.3 Å². The number of aryl methyl sites for hydroxylation is 1. The van der Waals surface area contributed by atoms with Crippen LogP contribution in [-0.2, 0) is 4.79 Å². The number of amides is 1. The van der Waals surface area contributed by atoms with Gasteiger partial charge in [0.25, 0.3) is 5.91 Å². The van der Waals surface area contributed by atoms with Crippen LogP contribution in [0.2, 0.25) is 10.0 Å². The summed E-state index contributed by atoms with van der Waals surface area (Å²) in [4.78, 5) is 16.8. The van der Waals surface area contributed by atoms with E-state index in [-0.39, 0.29) is 12.5 Å². The minimum absolute atomic E-state index is 0.202. The number of hydrogen-bond acceptors (Lipinski definition) is 4. The Hall–Kier alpha value is -3.02. The lowest BCUT2D eigenvalue weighted by Gasteiger charge is -2.10. The second-order valence-corrected chi connectivity index (χ2v) is 7.27. The highest BCUT2D eigenvalue weighted by Crippen LogP contribution is 2.31. The van der Waals surface area contributed by atoms with E-state index in [4.69, 9.17) is 32.4 Å². The van der Waals surface area contributed by atoms with E-state index in [1.807, 2.05) is 25.1 Å². The molecule has 0 spiro atoms.